The zero-order chi connectivity index (χ0) is 37.8. The van der Waals surface area contributed by atoms with Gasteiger partial charge in [0.25, 0.3) is 0 Å². The van der Waals surface area contributed by atoms with Crippen molar-refractivity contribution < 1.29 is 15.0 Å². The predicted molar refractivity (Wildman–Crippen MR) is 230 cm³/mol. The first-order valence-corrected chi connectivity index (χ1v) is 23.2. The Balaban J connectivity index is 3.45. The molecule has 306 valence electrons. The molecule has 2 atom stereocenters. The SMILES string of the molecule is CC/C=C\C/C=C\C/C=C\CCCCCC(=O)NC(CO)C(O)CCCCCCCCCCCCCCCCCCCCCCCCCCCCC. The molecule has 0 aliphatic carbocycles. The molecule has 0 bridgehead atoms. The van der Waals surface area contributed by atoms with Crippen LogP contribution in [-0.2, 0) is 4.79 Å². The standard InChI is InChI=1S/C48H91NO3/c1-3-5-7-9-11-13-15-17-18-19-20-21-22-23-24-25-26-27-28-29-30-32-33-35-37-39-41-43-47(51)46(45-50)49-48(52)44-42-40-38-36-34-31-16-14-12-10-8-6-4-2/h6,8,12,14,31,34,46-47,50-51H,3-5,7,9-11,13,15-30,32-33,35-45H2,1-2H3,(H,49,52)/b8-6-,14-12-,34-31-. The number of unbranched alkanes of at least 4 members (excludes halogenated alkanes) is 29. The molecule has 0 saturated carbocycles. The minimum absolute atomic E-state index is 0.0591. The molecule has 0 spiro atoms. The highest BCUT2D eigenvalue weighted by atomic mass is 16.3. The highest BCUT2D eigenvalue weighted by Crippen LogP contribution is 2.17. The summed E-state index contributed by atoms with van der Waals surface area (Å²) in [4.78, 5) is 12.4. The van der Waals surface area contributed by atoms with Crippen LogP contribution in [0.4, 0.5) is 0 Å². The maximum absolute atomic E-state index is 12.4. The summed E-state index contributed by atoms with van der Waals surface area (Å²) in [6.07, 6.45) is 58.2. The van der Waals surface area contributed by atoms with Crippen LogP contribution in [0.1, 0.15) is 245 Å². The Morgan fingerprint density at radius 2 is 0.846 bits per heavy atom. The van der Waals surface area contributed by atoms with E-state index < -0.39 is 12.1 Å². The Kier molecular flexibility index (Phi) is 42.8. The van der Waals surface area contributed by atoms with Crippen molar-refractivity contribution in [3.63, 3.8) is 0 Å². The van der Waals surface area contributed by atoms with E-state index in [0.29, 0.717) is 12.8 Å². The maximum atomic E-state index is 12.4. The lowest BCUT2D eigenvalue weighted by Crippen LogP contribution is -2.45. The van der Waals surface area contributed by atoms with E-state index in [4.69, 9.17) is 0 Å². The molecular weight excluding hydrogens is 639 g/mol. The van der Waals surface area contributed by atoms with Crippen LogP contribution in [0.2, 0.25) is 0 Å². The number of hydrogen-bond donors (Lipinski definition) is 3. The van der Waals surface area contributed by atoms with E-state index in [2.05, 4.69) is 55.6 Å². The van der Waals surface area contributed by atoms with Crippen molar-refractivity contribution in [1.82, 2.24) is 5.32 Å². The fraction of sp³-hybridized carbons (Fsp3) is 0.854. The molecule has 0 saturated heterocycles. The minimum atomic E-state index is -0.671. The van der Waals surface area contributed by atoms with Crippen LogP contribution in [0.5, 0.6) is 0 Å². The quantitative estimate of drug-likeness (QED) is 0.0433. The third-order valence-corrected chi connectivity index (χ3v) is 10.7. The number of carbonyl (C=O) groups excluding carboxylic acids is 1. The van der Waals surface area contributed by atoms with E-state index in [1.165, 1.54) is 161 Å². The maximum Gasteiger partial charge on any atom is 0.220 e. The molecule has 0 aromatic rings. The first-order chi connectivity index (χ1) is 25.7. The molecule has 0 heterocycles. The fourth-order valence-corrected chi connectivity index (χ4v) is 7.14. The number of allylic oxidation sites excluding steroid dienone is 6. The third kappa shape index (κ3) is 39.8. The molecule has 0 fully saturated rings. The van der Waals surface area contributed by atoms with Crippen molar-refractivity contribution in [2.24, 2.45) is 0 Å². The molecule has 0 aliphatic heterocycles. The molecule has 0 aliphatic rings. The second kappa shape index (κ2) is 44.0. The molecule has 3 N–H and O–H groups in total. The van der Waals surface area contributed by atoms with E-state index in [1.807, 2.05) is 0 Å². The summed E-state index contributed by atoms with van der Waals surface area (Å²) in [5.41, 5.74) is 0. The van der Waals surface area contributed by atoms with Crippen LogP contribution in [-0.4, -0.2) is 34.9 Å². The van der Waals surface area contributed by atoms with Crippen LogP contribution in [0.25, 0.3) is 0 Å². The van der Waals surface area contributed by atoms with Gasteiger partial charge in [-0.15, -0.1) is 0 Å². The Labute approximate surface area is 325 Å². The number of amides is 1. The first-order valence-electron chi connectivity index (χ1n) is 23.2. The van der Waals surface area contributed by atoms with Crippen molar-refractivity contribution in [2.75, 3.05) is 6.61 Å². The Hall–Kier alpha value is -1.39. The minimum Gasteiger partial charge on any atom is -0.394 e. The van der Waals surface area contributed by atoms with Crippen LogP contribution in [0.15, 0.2) is 36.5 Å². The van der Waals surface area contributed by atoms with Gasteiger partial charge >= 0.3 is 0 Å². The number of aliphatic hydroxyl groups is 2. The Bertz CT molecular complexity index is 790. The summed E-state index contributed by atoms with van der Waals surface area (Å²) in [6.45, 7) is 4.24. The van der Waals surface area contributed by atoms with E-state index in [1.54, 1.807) is 0 Å². The lowest BCUT2D eigenvalue weighted by atomic mass is 10.0. The summed E-state index contributed by atoms with van der Waals surface area (Å²) in [5, 5.41) is 23.1. The average molecular weight is 730 g/mol. The van der Waals surface area contributed by atoms with Crippen molar-refractivity contribution in [3.8, 4) is 0 Å². The highest BCUT2D eigenvalue weighted by Gasteiger charge is 2.20. The topological polar surface area (TPSA) is 69.6 Å². The van der Waals surface area contributed by atoms with Crippen molar-refractivity contribution >= 4 is 5.91 Å². The zero-order valence-corrected chi connectivity index (χ0v) is 35.1. The van der Waals surface area contributed by atoms with Gasteiger partial charge in [-0.3, -0.25) is 4.79 Å². The molecular formula is C48H91NO3. The zero-order valence-electron chi connectivity index (χ0n) is 35.1. The van der Waals surface area contributed by atoms with E-state index >= 15 is 0 Å². The monoisotopic (exact) mass is 730 g/mol. The van der Waals surface area contributed by atoms with Crippen molar-refractivity contribution in [1.29, 1.82) is 0 Å². The smallest absolute Gasteiger partial charge is 0.220 e. The molecule has 0 radical (unpaired) electrons. The Morgan fingerprint density at radius 3 is 1.25 bits per heavy atom. The van der Waals surface area contributed by atoms with Gasteiger partial charge in [0.1, 0.15) is 0 Å². The van der Waals surface area contributed by atoms with Gasteiger partial charge in [-0.1, -0.05) is 230 Å². The number of nitrogens with one attached hydrogen (secondary N) is 1. The fourth-order valence-electron chi connectivity index (χ4n) is 7.14. The van der Waals surface area contributed by atoms with Gasteiger partial charge in [-0.05, 0) is 44.9 Å². The van der Waals surface area contributed by atoms with Crippen molar-refractivity contribution in [3.05, 3.63) is 36.5 Å². The summed E-state index contributed by atoms with van der Waals surface area (Å²) in [7, 11) is 0. The van der Waals surface area contributed by atoms with Gasteiger partial charge in [0.15, 0.2) is 0 Å². The molecule has 1 amide bonds. The van der Waals surface area contributed by atoms with Gasteiger partial charge < -0.3 is 15.5 Å². The van der Waals surface area contributed by atoms with Crippen LogP contribution in [0, 0.1) is 0 Å². The Morgan fingerprint density at radius 1 is 0.481 bits per heavy atom. The van der Waals surface area contributed by atoms with Gasteiger partial charge in [0, 0.05) is 6.42 Å². The van der Waals surface area contributed by atoms with Gasteiger partial charge in [-0.25, -0.2) is 0 Å². The summed E-state index contributed by atoms with van der Waals surface area (Å²) in [6, 6.07) is -0.551. The van der Waals surface area contributed by atoms with E-state index in [-0.39, 0.29) is 12.5 Å². The summed E-state index contributed by atoms with van der Waals surface area (Å²) in [5.74, 6) is -0.0591. The van der Waals surface area contributed by atoms with Crippen LogP contribution < -0.4 is 5.32 Å². The second-order valence-electron chi connectivity index (χ2n) is 15.8. The summed E-state index contributed by atoms with van der Waals surface area (Å²) < 4.78 is 0. The number of carbonyl (C=O) groups is 1. The molecule has 0 aromatic carbocycles. The van der Waals surface area contributed by atoms with E-state index in [9.17, 15) is 15.0 Å². The first kappa shape index (κ1) is 50.6. The van der Waals surface area contributed by atoms with Gasteiger partial charge in [-0.2, -0.15) is 0 Å². The van der Waals surface area contributed by atoms with Crippen LogP contribution in [0.3, 0.4) is 0 Å². The molecule has 4 nitrogen and oxygen atoms in total. The summed E-state index contributed by atoms with van der Waals surface area (Å²) >= 11 is 0. The normalized spacial score (nSPS) is 13.2. The van der Waals surface area contributed by atoms with Crippen LogP contribution >= 0.6 is 0 Å². The lowest BCUT2D eigenvalue weighted by Gasteiger charge is -2.22. The average Bonchev–Trinajstić information content (AvgIpc) is 3.15. The van der Waals surface area contributed by atoms with E-state index in [0.717, 1.165) is 57.8 Å². The van der Waals surface area contributed by atoms with Crippen molar-refractivity contribution in [2.45, 2.75) is 257 Å². The number of hydrogen-bond acceptors (Lipinski definition) is 3. The molecule has 2 unspecified atom stereocenters. The largest absolute Gasteiger partial charge is 0.394 e. The number of rotatable bonds is 42. The molecule has 0 aromatic heterocycles. The molecule has 0 rings (SSSR count). The number of aliphatic hydroxyl groups excluding tert-OH is 2. The molecule has 4 heteroatoms. The van der Waals surface area contributed by atoms with Gasteiger partial charge in [0.2, 0.25) is 5.91 Å². The molecule has 52 heavy (non-hydrogen) atoms. The van der Waals surface area contributed by atoms with Gasteiger partial charge in [0.05, 0.1) is 18.8 Å². The lowest BCUT2D eigenvalue weighted by molar-refractivity contribution is -0.123. The predicted octanol–water partition coefficient (Wildman–Crippen LogP) is 14.6. The highest BCUT2D eigenvalue weighted by molar-refractivity contribution is 5.76. The third-order valence-electron chi connectivity index (χ3n) is 10.7. The second-order valence-corrected chi connectivity index (χ2v) is 15.8.